The first-order valence-corrected chi connectivity index (χ1v) is 10.5. The molecule has 1 aliphatic heterocycles. The van der Waals surface area contributed by atoms with E-state index in [1.165, 1.54) is 0 Å². The molecular weight excluding hydrogens is 443 g/mol. The number of anilines is 2. The average Bonchev–Trinajstić information content (AvgIpc) is 3.15. The van der Waals surface area contributed by atoms with Crippen molar-refractivity contribution in [1.29, 1.82) is 0 Å². The van der Waals surface area contributed by atoms with Gasteiger partial charge in [-0.3, -0.25) is 9.59 Å². The van der Waals surface area contributed by atoms with Crippen LogP contribution in [0, 0.1) is 0 Å². The van der Waals surface area contributed by atoms with E-state index in [9.17, 15) is 14.7 Å². The van der Waals surface area contributed by atoms with E-state index < -0.39 is 5.92 Å². The molecule has 1 aliphatic rings. The average molecular weight is 463 g/mol. The molecular formula is C21H20Cl2N4O4. The van der Waals surface area contributed by atoms with Crippen molar-refractivity contribution in [2.75, 3.05) is 36.6 Å². The number of morpholine rings is 1. The van der Waals surface area contributed by atoms with Crippen molar-refractivity contribution in [3.8, 4) is 0 Å². The smallest absolute Gasteiger partial charge is 0.253 e. The molecule has 0 radical (unpaired) electrons. The number of hydrogen-bond donors (Lipinski definition) is 3. The van der Waals surface area contributed by atoms with Crippen molar-refractivity contribution < 1.29 is 19.4 Å². The van der Waals surface area contributed by atoms with E-state index in [1.807, 2.05) is 0 Å². The van der Waals surface area contributed by atoms with E-state index >= 15 is 0 Å². The van der Waals surface area contributed by atoms with Crippen molar-refractivity contribution in [2.45, 2.75) is 12.3 Å². The van der Waals surface area contributed by atoms with E-state index in [4.69, 9.17) is 27.9 Å². The lowest BCUT2D eigenvalue weighted by atomic mass is 10.0. The molecule has 4 rings (SSSR count). The maximum absolute atomic E-state index is 13.0. The summed E-state index contributed by atoms with van der Waals surface area (Å²) < 4.78 is 5.14. The molecule has 0 bridgehead atoms. The summed E-state index contributed by atoms with van der Waals surface area (Å²) in [6.07, 6.45) is 0.188. The van der Waals surface area contributed by atoms with Gasteiger partial charge in [-0.05, 0) is 42.8 Å². The maximum Gasteiger partial charge on any atom is 0.253 e. The van der Waals surface area contributed by atoms with Crippen LogP contribution in [0.4, 0.5) is 11.4 Å². The first-order chi connectivity index (χ1) is 15.0. The Hall–Kier alpha value is -2.65. The van der Waals surface area contributed by atoms with Gasteiger partial charge in [0.05, 0.1) is 34.3 Å². The number of carbonyl (C=O) groups excluding carboxylic acids is 2. The molecule has 162 valence electrons. The minimum atomic E-state index is -0.699. The first kappa shape index (κ1) is 21.6. The molecule has 31 heavy (non-hydrogen) atoms. The van der Waals surface area contributed by atoms with Crippen LogP contribution in [-0.4, -0.2) is 53.3 Å². The van der Waals surface area contributed by atoms with E-state index in [1.54, 1.807) is 41.3 Å². The predicted octanol–water partition coefficient (Wildman–Crippen LogP) is 3.34. The number of ether oxygens (including phenoxy) is 1. The fraction of sp³-hybridized carbons (Fsp3) is 0.286. The Labute approximate surface area is 188 Å². The fourth-order valence-corrected chi connectivity index (χ4v) is 3.95. The number of imidazole rings is 1. The number of rotatable bonds is 6. The molecule has 3 aromatic rings. The zero-order valence-electron chi connectivity index (χ0n) is 16.4. The number of amides is 2. The van der Waals surface area contributed by atoms with Crippen LogP contribution in [0.5, 0.6) is 0 Å². The molecule has 0 aliphatic carbocycles. The summed E-state index contributed by atoms with van der Waals surface area (Å²) in [5.74, 6) is -0.774. The Balaban J connectivity index is 1.54. The van der Waals surface area contributed by atoms with Gasteiger partial charge in [-0.2, -0.15) is 0 Å². The summed E-state index contributed by atoms with van der Waals surface area (Å²) in [4.78, 5) is 34.2. The lowest BCUT2D eigenvalue weighted by molar-refractivity contribution is -0.125. The van der Waals surface area contributed by atoms with E-state index in [2.05, 4.69) is 15.3 Å². The third-order valence-corrected chi connectivity index (χ3v) is 5.56. The highest BCUT2D eigenvalue weighted by Gasteiger charge is 2.25. The number of aliphatic hydroxyl groups excluding tert-OH is 1. The maximum atomic E-state index is 13.0. The van der Waals surface area contributed by atoms with E-state index in [0.717, 1.165) is 0 Å². The summed E-state index contributed by atoms with van der Waals surface area (Å²) >= 11 is 12.4. The second-order valence-electron chi connectivity index (χ2n) is 7.10. The van der Waals surface area contributed by atoms with Gasteiger partial charge in [0.2, 0.25) is 5.91 Å². The zero-order valence-corrected chi connectivity index (χ0v) is 17.9. The Kier molecular flexibility index (Phi) is 6.43. The standard InChI is InChI=1S/C21H20Cl2N4O4/c22-12-1-3-16-17(9-12)26-20(25-16)14(5-7-28)21(30)24-13-2-4-18(15(23)10-13)27-6-8-31-11-19(27)29/h1-4,9-10,14,28H,5-8,11H2,(H,24,30)(H,25,26). The predicted molar refractivity (Wildman–Crippen MR) is 119 cm³/mol. The number of aromatic nitrogens is 2. The number of nitrogens with one attached hydrogen (secondary N) is 2. The van der Waals surface area contributed by atoms with Crippen molar-refractivity contribution >= 4 is 57.4 Å². The summed E-state index contributed by atoms with van der Waals surface area (Å²) in [7, 11) is 0. The van der Waals surface area contributed by atoms with Gasteiger partial charge in [0, 0.05) is 23.9 Å². The normalized spacial score (nSPS) is 15.3. The highest BCUT2D eigenvalue weighted by atomic mass is 35.5. The highest BCUT2D eigenvalue weighted by Crippen LogP contribution is 2.31. The van der Waals surface area contributed by atoms with Crippen molar-refractivity contribution in [1.82, 2.24) is 9.97 Å². The van der Waals surface area contributed by atoms with Gasteiger partial charge in [0.15, 0.2) is 0 Å². The molecule has 1 saturated heterocycles. The van der Waals surface area contributed by atoms with Crippen molar-refractivity contribution in [3.05, 3.63) is 52.3 Å². The van der Waals surface area contributed by atoms with Crippen LogP contribution in [-0.2, 0) is 14.3 Å². The minimum absolute atomic E-state index is 0.0143. The molecule has 2 aromatic carbocycles. The number of fused-ring (bicyclic) bond motifs is 1. The molecule has 10 heteroatoms. The number of benzene rings is 2. The van der Waals surface area contributed by atoms with E-state index in [0.29, 0.717) is 51.4 Å². The molecule has 0 saturated carbocycles. The van der Waals surface area contributed by atoms with Crippen LogP contribution in [0.15, 0.2) is 36.4 Å². The molecule has 3 N–H and O–H groups in total. The van der Waals surface area contributed by atoms with E-state index in [-0.39, 0.29) is 31.4 Å². The quantitative estimate of drug-likeness (QED) is 0.520. The second kappa shape index (κ2) is 9.23. The van der Waals surface area contributed by atoms with Crippen LogP contribution in [0.3, 0.4) is 0 Å². The number of aromatic amines is 1. The summed E-state index contributed by atoms with van der Waals surface area (Å²) in [5, 5.41) is 13.2. The van der Waals surface area contributed by atoms with Crippen molar-refractivity contribution in [2.24, 2.45) is 0 Å². The third kappa shape index (κ3) is 4.67. The third-order valence-electron chi connectivity index (χ3n) is 5.02. The first-order valence-electron chi connectivity index (χ1n) is 9.71. The van der Waals surface area contributed by atoms with Gasteiger partial charge < -0.3 is 25.0 Å². The lowest BCUT2D eigenvalue weighted by Crippen LogP contribution is -2.41. The number of carbonyl (C=O) groups is 2. The summed E-state index contributed by atoms with van der Waals surface area (Å²) in [6.45, 7) is 0.681. The number of aliphatic hydroxyl groups is 1. The van der Waals surface area contributed by atoms with Crippen molar-refractivity contribution in [3.63, 3.8) is 0 Å². The summed E-state index contributed by atoms with van der Waals surface area (Å²) in [5.41, 5.74) is 2.43. The van der Waals surface area contributed by atoms with Gasteiger partial charge >= 0.3 is 0 Å². The van der Waals surface area contributed by atoms with Crippen LogP contribution in [0.2, 0.25) is 10.0 Å². The highest BCUT2D eigenvalue weighted by molar-refractivity contribution is 6.34. The lowest BCUT2D eigenvalue weighted by Gasteiger charge is -2.27. The Morgan fingerprint density at radius 3 is 2.87 bits per heavy atom. The minimum Gasteiger partial charge on any atom is -0.396 e. The van der Waals surface area contributed by atoms with Crippen LogP contribution < -0.4 is 10.2 Å². The van der Waals surface area contributed by atoms with Crippen LogP contribution >= 0.6 is 23.2 Å². The number of nitrogens with zero attached hydrogens (tertiary/aromatic N) is 2. The van der Waals surface area contributed by atoms with Gasteiger partial charge in [-0.15, -0.1) is 0 Å². The van der Waals surface area contributed by atoms with Crippen LogP contribution in [0.25, 0.3) is 11.0 Å². The second-order valence-corrected chi connectivity index (χ2v) is 7.95. The SMILES string of the molecule is O=C(Nc1ccc(N2CCOCC2=O)c(Cl)c1)C(CCO)c1nc2ccc(Cl)cc2[nH]1. The molecule has 8 nitrogen and oxygen atoms in total. The van der Waals surface area contributed by atoms with Gasteiger partial charge in [-0.1, -0.05) is 23.2 Å². The summed E-state index contributed by atoms with van der Waals surface area (Å²) in [6, 6.07) is 10.2. The zero-order chi connectivity index (χ0) is 22.0. The molecule has 1 atom stereocenters. The Bertz CT molecular complexity index is 1130. The monoisotopic (exact) mass is 462 g/mol. The van der Waals surface area contributed by atoms with Gasteiger partial charge in [0.25, 0.3) is 5.91 Å². The molecule has 2 heterocycles. The molecule has 1 unspecified atom stereocenters. The van der Waals surface area contributed by atoms with Gasteiger partial charge in [0.1, 0.15) is 12.4 Å². The number of halogens is 2. The number of hydrogen-bond acceptors (Lipinski definition) is 5. The van der Waals surface area contributed by atoms with Gasteiger partial charge in [-0.25, -0.2) is 4.98 Å². The van der Waals surface area contributed by atoms with Crippen LogP contribution in [0.1, 0.15) is 18.2 Å². The molecule has 0 spiro atoms. The fourth-order valence-electron chi connectivity index (χ4n) is 3.49. The number of H-pyrrole nitrogens is 1. The topological polar surface area (TPSA) is 108 Å². The largest absolute Gasteiger partial charge is 0.396 e. The Morgan fingerprint density at radius 2 is 2.13 bits per heavy atom. The molecule has 2 amide bonds. The molecule has 1 aromatic heterocycles. The molecule has 1 fully saturated rings. The Morgan fingerprint density at radius 1 is 1.29 bits per heavy atom.